The van der Waals surface area contributed by atoms with E-state index in [1.165, 1.54) is 19.3 Å². The third-order valence-corrected chi connectivity index (χ3v) is 5.97. The predicted octanol–water partition coefficient (Wildman–Crippen LogP) is 4.69. The molecule has 0 spiro atoms. The maximum absolute atomic E-state index is 12.1. The molecule has 0 unspecified atom stereocenters. The average molecular weight is 375 g/mol. The summed E-state index contributed by atoms with van der Waals surface area (Å²) in [5.41, 5.74) is -1.25. The molecule has 4 nitrogen and oxygen atoms in total. The fourth-order valence-corrected chi connectivity index (χ4v) is 3.79. The topological polar surface area (TPSA) is 74.6 Å². The van der Waals surface area contributed by atoms with Crippen LogP contribution < -0.4 is 0 Å². The maximum Gasteiger partial charge on any atom is 0.335 e. The first kappa shape index (κ1) is 21.6. The summed E-state index contributed by atoms with van der Waals surface area (Å²) >= 11 is 0. The van der Waals surface area contributed by atoms with Gasteiger partial charge in [0, 0.05) is 17.8 Å². The van der Waals surface area contributed by atoms with Crippen LogP contribution in [0.2, 0.25) is 0 Å². The van der Waals surface area contributed by atoms with Crippen LogP contribution in [-0.2, 0) is 9.59 Å². The van der Waals surface area contributed by atoms with E-state index in [9.17, 15) is 14.7 Å². The van der Waals surface area contributed by atoms with Crippen molar-refractivity contribution in [3.05, 3.63) is 36.5 Å². The van der Waals surface area contributed by atoms with Gasteiger partial charge in [0.25, 0.3) is 0 Å². The number of carboxylic acids is 1. The van der Waals surface area contributed by atoms with E-state index in [1.807, 2.05) is 18.2 Å². The minimum absolute atomic E-state index is 0.0613. The number of hydrogen-bond donors (Lipinski definition) is 2. The van der Waals surface area contributed by atoms with E-state index in [4.69, 9.17) is 5.11 Å². The molecule has 1 saturated carbocycles. The van der Waals surface area contributed by atoms with Gasteiger partial charge < -0.3 is 10.2 Å². The Balaban J connectivity index is 1.80. The highest BCUT2D eigenvalue weighted by Crippen LogP contribution is 2.46. The first-order chi connectivity index (χ1) is 12.7. The van der Waals surface area contributed by atoms with Gasteiger partial charge in [0.15, 0.2) is 11.4 Å². The first-order valence-corrected chi connectivity index (χ1v) is 10.2. The molecule has 2 aliphatic rings. The first-order valence-electron chi connectivity index (χ1n) is 10.2. The number of carbonyl (C=O) groups excluding carboxylic acids is 1. The van der Waals surface area contributed by atoms with Gasteiger partial charge in [-0.25, -0.2) is 4.79 Å². The molecule has 0 radical (unpaired) electrons. The minimum atomic E-state index is -1.54. The lowest BCUT2D eigenvalue weighted by molar-refractivity contribution is -0.150. The molecular formula is C23H34O4. The largest absolute Gasteiger partial charge is 0.479 e. The van der Waals surface area contributed by atoms with Crippen molar-refractivity contribution in [3.8, 4) is 0 Å². The van der Waals surface area contributed by atoms with Gasteiger partial charge in [-0.3, -0.25) is 4.79 Å². The molecule has 1 fully saturated rings. The van der Waals surface area contributed by atoms with Crippen molar-refractivity contribution < 1.29 is 19.8 Å². The van der Waals surface area contributed by atoms with Gasteiger partial charge in [0.05, 0.1) is 0 Å². The molecule has 27 heavy (non-hydrogen) atoms. The lowest BCUT2D eigenvalue weighted by Gasteiger charge is -2.23. The summed E-state index contributed by atoms with van der Waals surface area (Å²) in [6.07, 6.45) is 18.1. The van der Waals surface area contributed by atoms with Crippen LogP contribution in [0.4, 0.5) is 0 Å². The Labute approximate surface area is 163 Å². The van der Waals surface area contributed by atoms with Gasteiger partial charge in [0.2, 0.25) is 0 Å². The summed E-state index contributed by atoms with van der Waals surface area (Å²) in [5.74, 6) is -1.10. The zero-order valence-corrected chi connectivity index (χ0v) is 16.9. The SMILES string of the molecule is CCCCC(C)(C)CC=C[C@H]1C=CC(=O)[C@@H]1CC=CC[C@H]1C[C@@]1(O)C(=O)O. The normalized spacial score (nSPS) is 30.7. The molecule has 0 aromatic heterocycles. The second-order valence-electron chi connectivity index (χ2n) is 8.92. The average Bonchev–Trinajstić information content (AvgIpc) is 3.16. The molecule has 0 aliphatic heterocycles. The van der Waals surface area contributed by atoms with Gasteiger partial charge in [-0.15, -0.1) is 0 Å². The summed E-state index contributed by atoms with van der Waals surface area (Å²) in [7, 11) is 0. The summed E-state index contributed by atoms with van der Waals surface area (Å²) in [5, 5.41) is 18.7. The second-order valence-corrected chi connectivity index (χ2v) is 8.92. The fourth-order valence-electron chi connectivity index (χ4n) is 3.79. The predicted molar refractivity (Wildman–Crippen MR) is 107 cm³/mol. The summed E-state index contributed by atoms with van der Waals surface area (Å²) in [6, 6.07) is 0. The van der Waals surface area contributed by atoms with E-state index < -0.39 is 11.6 Å². The second kappa shape index (κ2) is 9.01. The molecule has 4 atom stereocenters. The van der Waals surface area contributed by atoms with Crippen LogP contribution in [0.15, 0.2) is 36.5 Å². The van der Waals surface area contributed by atoms with Crippen LogP contribution >= 0.6 is 0 Å². The van der Waals surface area contributed by atoms with E-state index in [0.717, 1.165) is 6.42 Å². The van der Waals surface area contributed by atoms with Crippen LogP contribution in [0.3, 0.4) is 0 Å². The number of hydrogen-bond acceptors (Lipinski definition) is 3. The molecule has 0 saturated heterocycles. The zero-order valence-electron chi connectivity index (χ0n) is 16.9. The number of aliphatic carboxylic acids is 1. The van der Waals surface area contributed by atoms with Crippen molar-refractivity contribution in [3.63, 3.8) is 0 Å². The number of ketones is 1. The zero-order chi connectivity index (χ0) is 20.1. The lowest BCUT2D eigenvalue weighted by atomic mass is 9.83. The standard InChI is InChI=1S/C23H34O4/c1-4-5-14-22(2,3)15-8-9-17-12-13-20(24)19(17)11-7-6-10-18-16-23(18,27)21(25)26/h6-9,12-13,17-19,27H,4-5,10-11,14-16H2,1-3H3,(H,25,26)/t17-,18-,19+,23-/m0/s1. The Bertz CT molecular complexity index is 628. The van der Waals surface area contributed by atoms with Crippen LogP contribution in [-0.4, -0.2) is 27.6 Å². The Hall–Kier alpha value is -1.68. The van der Waals surface area contributed by atoms with E-state index in [-0.39, 0.29) is 23.5 Å². The maximum atomic E-state index is 12.1. The van der Waals surface area contributed by atoms with Crippen molar-refractivity contribution >= 4 is 11.8 Å². The third kappa shape index (κ3) is 5.90. The molecule has 0 bridgehead atoms. The molecule has 4 heteroatoms. The molecule has 0 heterocycles. The summed E-state index contributed by atoms with van der Waals surface area (Å²) in [4.78, 5) is 23.1. The van der Waals surface area contributed by atoms with Crippen LogP contribution in [0.1, 0.15) is 65.7 Å². The van der Waals surface area contributed by atoms with Crippen molar-refractivity contribution in [2.45, 2.75) is 71.3 Å². The quantitative estimate of drug-likeness (QED) is 0.514. The van der Waals surface area contributed by atoms with Gasteiger partial charge >= 0.3 is 5.97 Å². The van der Waals surface area contributed by atoms with Crippen molar-refractivity contribution in [2.24, 2.45) is 23.2 Å². The monoisotopic (exact) mass is 374 g/mol. The van der Waals surface area contributed by atoms with Crippen LogP contribution in [0, 0.1) is 23.2 Å². The number of rotatable bonds is 11. The number of unbranched alkanes of at least 4 members (excludes halogenated alkanes) is 1. The number of allylic oxidation sites excluding steroid dienone is 6. The Morgan fingerprint density at radius 2 is 2.00 bits per heavy atom. The fraction of sp³-hybridized carbons (Fsp3) is 0.652. The van der Waals surface area contributed by atoms with Gasteiger partial charge in [0.1, 0.15) is 0 Å². The third-order valence-electron chi connectivity index (χ3n) is 5.97. The summed E-state index contributed by atoms with van der Waals surface area (Å²) in [6.45, 7) is 6.79. The highest BCUT2D eigenvalue weighted by atomic mass is 16.4. The number of carboxylic acid groups (broad SMARTS) is 1. The van der Waals surface area contributed by atoms with Crippen molar-refractivity contribution in [1.29, 1.82) is 0 Å². The molecule has 150 valence electrons. The van der Waals surface area contributed by atoms with E-state index in [1.54, 1.807) is 6.08 Å². The molecule has 0 amide bonds. The summed E-state index contributed by atoms with van der Waals surface area (Å²) < 4.78 is 0. The van der Waals surface area contributed by atoms with Gasteiger partial charge in [-0.1, -0.05) is 64.0 Å². The van der Waals surface area contributed by atoms with Crippen LogP contribution in [0.5, 0.6) is 0 Å². The highest BCUT2D eigenvalue weighted by Gasteiger charge is 2.58. The van der Waals surface area contributed by atoms with Crippen molar-refractivity contribution in [1.82, 2.24) is 0 Å². The Morgan fingerprint density at radius 1 is 1.30 bits per heavy atom. The Kier molecular flexibility index (Phi) is 7.21. The smallest absolute Gasteiger partial charge is 0.335 e. The number of carbonyl (C=O) groups is 2. The molecular weight excluding hydrogens is 340 g/mol. The van der Waals surface area contributed by atoms with E-state index in [0.29, 0.717) is 24.7 Å². The molecule has 0 aromatic carbocycles. The molecule has 2 rings (SSSR count). The van der Waals surface area contributed by atoms with E-state index >= 15 is 0 Å². The molecule has 2 aliphatic carbocycles. The highest BCUT2D eigenvalue weighted by molar-refractivity contribution is 5.95. The number of aliphatic hydroxyl groups is 1. The lowest BCUT2D eigenvalue weighted by Crippen LogP contribution is -2.23. The molecule has 2 N–H and O–H groups in total. The van der Waals surface area contributed by atoms with Gasteiger partial charge in [-0.2, -0.15) is 0 Å². The Morgan fingerprint density at radius 3 is 2.63 bits per heavy atom. The van der Waals surface area contributed by atoms with Crippen molar-refractivity contribution in [2.75, 3.05) is 0 Å². The molecule has 0 aromatic rings. The van der Waals surface area contributed by atoms with Gasteiger partial charge in [-0.05, 0) is 43.6 Å². The van der Waals surface area contributed by atoms with E-state index in [2.05, 4.69) is 32.9 Å². The minimum Gasteiger partial charge on any atom is -0.479 e. The van der Waals surface area contributed by atoms with Crippen LogP contribution in [0.25, 0.3) is 0 Å².